The van der Waals surface area contributed by atoms with Crippen molar-refractivity contribution in [1.29, 1.82) is 0 Å². The number of urea groups is 1. The third kappa shape index (κ3) is 7.34. The first-order valence-corrected chi connectivity index (χ1v) is 7.23. The first kappa shape index (κ1) is 17.0. The number of carboxylic acids is 1. The van der Waals surface area contributed by atoms with E-state index in [1.165, 1.54) is 6.33 Å². The fraction of sp³-hybridized carbons (Fsp3) is 0.643. The van der Waals surface area contributed by atoms with Crippen LogP contribution in [-0.4, -0.2) is 39.7 Å². The Balaban J connectivity index is 2.27. The molecule has 0 aliphatic carbocycles. The van der Waals surface area contributed by atoms with Crippen molar-refractivity contribution in [3.63, 3.8) is 0 Å². The average Bonchev–Trinajstić information content (AvgIpc) is 2.90. The summed E-state index contributed by atoms with van der Waals surface area (Å²) in [6.07, 6.45) is 6.26. The van der Waals surface area contributed by atoms with Crippen molar-refractivity contribution in [2.45, 2.75) is 45.6 Å². The predicted octanol–water partition coefficient (Wildman–Crippen LogP) is 1.53. The Kier molecular flexibility index (Phi) is 7.28. The number of carboxylic acid groups (broad SMARTS) is 1. The van der Waals surface area contributed by atoms with Crippen molar-refractivity contribution in [2.75, 3.05) is 6.54 Å². The Labute approximate surface area is 124 Å². The van der Waals surface area contributed by atoms with Gasteiger partial charge >= 0.3 is 12.0 Å². The van der Waals surface area contributed by atoms with E-state index >= 15 is 0 Å². The highest BCUT2D eigenvalue weighted by Crippen LogP contribution is 2.05. The maximum atomic E-state index is 11.7. The largest absolute Gasteiger partial charge is 0.480 e. The van der Waals surface area contributed by atoms with E-state index in [0.29, 0.717) is 18.2 Å². The van der Waals surface area contributed by atoms with Gasteiger partial charge in [-0.2, -0.15) is 0 Å². The molecule has 0 fully saturated rings. The van der Waals surface area contributed by atoms with Gasteiger partial charge < -0.3 is 20.7 Å². The number of aliphatic carboxylic acids is 1. The lowest BCUT2D eigenvalue weighted by molar-refractivity contribution is -0.139. The highest BCUT2D eigenvalue weighted by atomic mass is 16.4. The van der Waals surface area contributed by atoms with Crippen LogP contribution in [0.2, 0.25) is 0 Å². The molecule has 0 aliphatic rings. The number of unbranched alkanes of at least 4 members (excludes halogenated alkanes) is 1. The molecule has 7 nitrogen and oxygen atoms in total. The number of carbonyl (C=O) groups excluding carboxylic acids is 1. The Bertz CT molecular complexity index is 431. The molecule has 0 saturated carbocycles. The molecule has 0 spiro atoms. The molecule has 1 unspecified atom stereocenters. The first-order valence-electron chi connectivity index (χ1n) is 7.23. The fourth-order valence-electron chi connectivity index (χ4n) is 1.91. The molecule has 7 heteroatoms. The van der Waals surface area contributed by atoms with Gasteiger partial charge in [0.2, 0.25) is 0 Å². The molecule has 1 heterocycles. The van der Waals surface area contributed by atoms with Crippen LogP contribution in [0.4, 0.5) is 4.79 Å². The standard InChI is InChI=1S/C14H24N4O3/c1-10(2)5-3-4-6-16-14(21)18-12(13(19)20)7-11-8-15-9-17-11/h8-10,12H,3-7H2,1-2H3,(H,15,17)(H,19,20)(H2,16,18,21). The van der Waals surface area contributed by atoms with E-state index in [4.69, 9.17) is 5.11 Å². The van der Waals surface area contributed by atoms with Gasteiger partial charge in [0.15, 0.2) is 0 Å². The number of aromatic amines is 1. The SMILES string of the molecule is CC(C)CCCCNC(=O)NC(Cc1cnc[nH]1)C(=O)O. The Morgan fingerprint density at radius 3 is 2.71 bits per heavy atom. The summed E-state index contributed by atoms with van der Waals surface area (Å²) in [7, 11) is 0. The summed E-state index contributed by atoms with van der Waals surface area (Å²) in [4.78, 5) is 29.4. The van der Waals surface area contributed by atoms with E-state index in [1.54, 1.807) is 6.20 Å². The second-order valence-electron chi connectivity index (χ2n) is 5.46. The molecule has 1 aromatic rings. The molecule has 4 N–H and O–H groups in total. The van der Waals surface area contributed by atoms with E-state index in [-0.39, 0.29) is 6.42 Å². The number of H-pyrrole nitrogens is 1. The number of hydrogen-bond acceptors (Lipinski definition) is 3. The summed E-state index contributed by atoms with van der Waals surface area (Å²) in [6, 6.07) is -1.42. The number of nitrogens with one attached hydrogen (secondary N) is 3. The summed E-state index contributed by atoms with van der Waals surface area (Å²) in [5, 5.41) is 14.3. The second-order valence-corrected chi connectivity index (χ2v) is 5.46. The van der Waals surface area contributed by atoms with Gasteiger partial charge in [-0.25, -0.2) is 14.6 Å². The lowest BCUT2D eigenvalue weighted by atomic mass is 10.1. The van der Waals surface area contributed by atoms with Gasteiger partial charge in [0.05, 0.1) is 6.33 Å². The minimum atomic E-state index is -1.07. The van der Waals surface area contributed by atoms with Crippen LogP contribution in [0.15, 0.2) is 12.5 Å². The molecule has 2 amide bonds. The lowest BCUT2D eigenvalue weighted by Crippen LogP contribution is -2.47. The van der Waals surface area contributed by atoms with Crippen LogP contribution in [0.5, 0.6) is 0 Å². The summed E-state index contributed by atoms with van der Waals surface area (Å²) < 4.78 is 0. The van der Waals surface area contributed by atoms with Gasteiger partial charge in [0.1, 0.15) is 6.04 Å². The number of amides is 2. The van der Waals surface area contributed by atoms with Crippen LogP contribution < -0.4 is 10.6 Å². The van der Waals surface area contributed by atoms with Crippen molar-refractivity contribution in [1.82, 2.24) is 20.6 Å². The highest BCUT2D eigenvalue weighted by Gasteiger charge is 2.20. The van der Waals surface area contributed by atoms with Gasteiger partial charge in [-0.05, 0) is 12.3 Å². The molecular formula is C14H24N4O3. The third-order valence-corrected chi connectivity index (χ3v) is 3.08. The maximum Gasteiger partial charge on any atom is 0.326 e. The molecule has 0 bridgehead atoms. The molecule has 21 heavy (non-hydrogen) atoms. The van der Waals surface area contributed by atoms with Gasteiger partial charge in [0.25, 0.3) is 0 Å². The van der Waals surface area contributed by atoms with Crippen molar-refractivity contribution < 1.29 is 14.7 Å². The maximum absolute atomic E-state index is 11.7. The summed E-state index contributed by atoms with van der Waals surface area (Å²) >= 11 is 0. The van der Waals surface area contributed by atoms with Crippen LogP contribution in [-0.2, 0) is 11.2 Å². The summed E-state index contributed by atoms with van der Waals surface area (Å²) in [5.74, 6) is -0.413. The summed E-state index contributed by atoms with van der Waals surface area (Å²) in [5.41, 5.74) is 0.666. The monoisotopic (exact) mass is 296 g/mol. The first-order chi connectivity index (χ1) is 9.99. The van der Waals surface area contributed by atoms with Gasteiger partial charge in [-0.3, -0.25) is 0 Å². The Hall–Kier alpha value is -2.05. The zero-order valence-electron chi connectivity index (χ0n) is 12.6. The summed E-state index contributed by atoms with van der Waals surface area (Å²) in [6.45, 7) is 4.87. The van der Waals surface area contributed by atoms with E-state index < -0.39 is 18.0 Å². The van der Waals surface area contributed by atoms with Gasteiger partial charge in [-0.1, -0.05) is 26.7 Å². The van der Waals surface area contributed by atoms with Crippen molar-refractivity contribution in [2.24, 2.45) is 5.92 Å². The normalized spacial score (nSPS) is 12.1. The van der Waals surface area contributed by atoms with E-state index in [0.717, 1.165) is 19.3 Å². The highest BCUT2D eigenvalue weighted by molar-refractivity contribution is 5.82. The van der Waals surface area contributed by atoms with E-state index in [9.17, 15) is 9.59 Å². The minimum absolute atomic E-state index is 0.177. The quantitative estimate of drug-likeness (QED) is 0.518. The fourth-order valence-corrected chi connectivity index (χ4v) is 1.91. The molecule has 1 atom stereocenters. The zero-order chi connectivity index (χ0) is 15.7. The van der Waals surface area contributed by atoms with Crippen LogP contribution >= 0.6 is 0 Å². The number of nitrogens with zero attached hydrogens (tertiary/aromatic N) is 1. The number of aromatic nitrogens is 2. The molecule has 0 saturated heterocycles. The van der Waals surface area contributed by atoms with Gasteiger partial charge in [0, 0.05) is 24.9 Å². The molecule has 1 aromatic heterocycles. The third-order valence-electron chi connectivity index (χ3n) is 3.08. The number of carbonyl (C=O) groups is 2. The topological polar surface area (TPSA) is 107 Å². The average molecular weight is 296 g/mol. The van der Waals surface area contributed by atoms with Crippen LogP contribution in [0, 0.1) is 5.92 Å². The van der Waals surface area contributed by atoms with Crippen LogP contribution in [0.25, 0.3) is 0 Å². The van der Waals surface area contributed by atoms with E-state index in [2.05, 4.69) is 34.4 Å². The molecule has 0 aliphatic heterocycles. The van der Waals surface area contributed by atoms with Crippen molar-refractivity contribution in [3.05, 3.63) is 18.2 Å². The lowest BCUT2D eigenvalue weighted by Gasteiger charge is -2.14. The molecule has 118 valence electrons. The Morgan fingerprint density at radius 2 is 2.14 bits per heavy atom. The molecule has 0 aromatic carbocycles. The van der Waals surface area contributed by atoms with E-state index in [1.807, 2.05) is 0 Å². The predicted molar refractivity (Wildman–Crippen MR) is 78.9 cm³/mol. The smallest absolute Gasteiger partial charge is 0.326 e. The second kappa shape index (κ2) is 8.99. The van der Waals surface area contributed by atoms with Crippen molar-refractivity contribution >= 4 is 12.0 Å². The Morgan fingerprint density at radius 1 is 1.38 bits per heavy atom. The van der Waals surface area contributed by atoms with Crippen molar-refractivity contribution in [3.8, 4) is 0 Å². The molecular weight excluding hydrogens is 272 g/mol. The molecule has 0 radical (unpaired) electrons. The van der Waals surface area contributed by atoms with Crippen LogP contribution in [0.1, 0.15) is 38.8 Å². The van der Waals surface area contributed by atoms with Crippen LogP contribution in [0.3, 0.4) is 0 Å². The number of hydrogen-bond donors (Lipinski definition) is 4. The number of imidazole rings is 1. The minimum Gasteiger partial charge on any atom is -0.480 e. The zero-order valence-corrected chi connectivity index (χ0v) is 12.6. The molecule has 1 rings (SSSR count). The number of rotatable bonds is 9. The van der Waals surface area contributed by atoms with Gasteiger partial charge in [-0.15, -0.1) is 0 Å².